The first kappa shape index (κ1) is 12.8. The maximum Gasteiger partial charge on any atom is 0.0393 e. The summed E-state index contributed by atoms with van der Waals surface area (Å²) in [4.78, 5) is 2.66. The number of hydrogen-bond acceptors (Lipinski definition) is 2. The summed E-state index contributed by atoms with van der Waals surface area (Å²) in [5.41, 5.74) is 4.31. The Balaban J connectivity index is 1.83. The molecule has 2 aliphatic rings. The lowest BCUT2D eigenvalue weighted by atomic mass is 9.96. The van der Waals surface area contributed by atoms with Gasteiger partial charge in [-0.25, -0.2) is 0 Å². The van der Waals surface area contributed by atoms with Crippen molar-refractivity contribution in [3.8, 4) is 0 Å². The Morgan fingerprint density at radius 2 is 2.21 bits per heavy atom. The zero-order valence-electron chi connectivity index (χ0n) is 12.1. The van der Waals surface area contributed by atoms with Crippen LogP contribution in [0.1, 0.15) is 51.0 Å². The summed E-state index contributed by atoms with van der Waals surface area (Å²) >= 11 is 0. The van der Waals surface area contributed by atoms with Crippen molar-refractivity contribution in [2.75, 3.05) is 23.3 Å². The largest absolute Gasteiger partial charge is 0.385 e. The third-order valence-electron chi connectivity index (χ3n) is 4.61. The van der Waals surface area contributed by atoms with Gasteiger partial charge in [-0.1, -0.05) is 19.4 Å². The monoisotopic (exact) mass is 258 g/mol. The number of nitrogens with one attached hydrogen (secondary N) is 1. The van der Waals surface area contributed by atoms with E-state index in [4.69, 9.17) is 0 Å². The minimum atomic E-state index is 0.764. The Bertz CT molecular complexity index is 425. The molecular formula is C17H26N2. The Hall–Kier alpha value is -1.18. The van der Waals surface area contributed by atoms with Crippen LogP contribution in [0, 0.1) is 0 Å². The first-order chi connectivity index (χ1) is 9.38. The molecule has 2 aliphatic heterocycles. The van der Waals surface area contributed by atoms with Crippen LogP contribution in [0.25, 0.3) is 0 Å². The summed E-state index contributed by atoms with van der Waals surface area (Å²) in [6.07, 6.45) is 9.28. The molecule has 1 unspecified atom stereocenters. The summed E-state index contributed by atoms with van der Waals surface area (Å²) in [5.74, 6) is 0. The lowest BCUT2D eigenvalue weighted by molar-refractivity contribution is 0.435. The van der Waals surface area contributed by atoms with E-state index in [0.717, 1.165) is 12.6 Å². The molecule has 2 heteroatoms. The zero-order chi connectivity index (χ0) is 13.1. The third kappa shape index (κ3) is 2.72. The fourth-order valence-corrected chi connectivity index (χ4v) is 3.60. The molecule has 0 saturated carbocycles. The van der Waals surface area contributed by atoms with Gasteiger partial charge in [0.1, 0.15) is 0 Å². The van der Waals surface area contributed by atoms with Crippen molar-refractivity contribution in [3.05, 3.63) is 23.8 Å². The van der Waals surface area contributed by atoms with Crippen molar-refractivity contribution >= 4 is 11.4 Å². The lowest BCUT2D eigenvalue weighted by Gasteiger charge is -2.38. The molecule has 104 valence electrons. The van der Waals surface area contributed by atoms with Gasteiger partial charge < -0.3 is 10.2 Å². The Kier molecular flexibility index (Phi) is 3.95. The smallest absolute Gasteiger partial charge is 0.0393 e. The van der Waals surface area contributed by atoms with Gasteiger partial charge in [0.15, 0.2) is 0 Å². The van der Waals surface area contributed by atoms with Gasteiger partial charge in [0.25, 0.3) is 0 Å². The first-order valence-corrected chi connectivity index (χ1v) is 8.02. The average Bonchev–Trinajstić information content (AvgIpc) is 2.48. The van der Waals surface area contributed by atoms with Crippen LogP contribution >= 0.6 is 0 Å². The predicted octanol–water partition coefficient (Wildman–Crippen LogP) is 4.20. The van der Waals surface area contributed by atoms with Crippen molar-refractivity contribution in [1.82, 2.24) is 0 Å². The molecule has 0 aromatic heterocycles. The summed E-state index contributed by atoms with van der Waals surface area (Å²) in [7, 11) is 0. The van der Waals surface area contributed by atoms with Crippen molar-refractivity contribution in [3.63, 3.8) is 0 Å². The second-order valence-corrected chi connectivity index (χ2v) is 6.00. The molecule has 1 N–H and O–H groups in total. The minimum Gasteiger partial charge on any atom is -0.385 e. The Labute approximate surface area is 117 Å². The molecule has 0 radical (unpaired) electrons. The average molecular weight is 258 g/mol. The molecule has 1 atom stereocenters. The van der Waals surface area contributed by atoms with Gasteiger partial charge in [0.2, 0.25) is 0 Å². The number of hydrogen-bond donors (Lipinski definition) is 1. The highest BCUT2D eigenvalue weighted by atomic mass is 15.2. The number of nitrogens with zero attached hydrogens (tertiary/aromatic N) is 1. The number of benzene rings is 1. The number of fused-ring (bicyclic) bond motifs is 1. The summed E-state index contributed by atoms with van der Waals surface area (Å²) in [5, 5.41) is 3.56. The summed E-state index contributed by atoms with van der Waals surface area (Å²) < 4.78 is 0. The van der Waals surface area contributed by atoms with Crippen molar-refractivity contribution in [2.24, 2.45) is 0 Å². The van der Waals surface area contributed by atoms with E-state index in [1.54, 1.807) is 0 Å². The fourth-order valence-electron chi connectivity index (χ4n) is 3.60. The van der Waals surface area contributed by atoms with E-state index in [1.165, 1.54) is 68.4 Å². The van der Waals surface area contributed by atoms with Crippen LogP contribution in [-0.2, 0) is 6.42 Å². The normalized spacial score (nSPS) is 22.8. The Morgan fingerprint density at radius 3 is 3.11 bits per heavy atom. The quantitative estimate of drug-likeness (QED) is 0.874. The number of anilines is 2. The van der Waals surface area contributed by atoms with Crippen LogP contribution in [0.4, 0.5) is 11.4 Å². The van der Waals surface area contributed by atoms with Crippen LogP contribution in [-0.4, -0.2) is 19.1 Å². The second kappa shape index (κ2) is 5.85. The van der Waals surface area contributed by atoms with E-state index in [-0.39, 0.29) is 0 Å². The molecular weight excluding hydrogens is 232 g/mol. The summed E-state index contributed by atoms with van der Waals surface area (Å²) in [6.45, 7) is 4.68. The van der Waals surface area contributed by atoms with Crippen LogP contribution in [0.3, 0.4) is 0 Å². The van der Waals surface area contributed by atoms with Crippen LogP contribution in [0.5, 0.6) is 0 Å². The molecule has 0 aliphatic carbocycles. The molecule has 1 fully saturated rings. The molecule has 2 heterocycles. The number of rotatable bonds is 3. The zero-order valence-corrected chi connectivity index (χ0v) is 12.1. The number of piperidine rings is 1. The molecule has 1 aromatic carbocycles. The van der Waals surface area contributed by atoms with Gasteiger partial charge in [0.05, 0.1) is 0 Å². The molecule has 0 bridgehead atoms. The maximum atomic E-state index is 3.56. The second-order valence-electron chi connectivity index (χ2n) is 6.00. The highest BCUT2D eigenvalue weighted by Crippen LogP contribution is 2.32. The van der Waals surface area contributed by atoms with Crippen molar-refractivity contribution in [1.29, 1.82) is 0 Å². The Morgan fingerprint density at radius 1 is 1.26 bits per heavy atom. The highest BCUT2D eigenvalue weighted by molar-refractivity contribution is 5.64. The topological polar surface area (TPSA) is 15.3 Å². The van der Waals surface area contributed by atoms with E-state index in [1.807, 2.05) is 0 Å². The van der Waals surface area contributed by atoms with E-state index in [9.17, 15) is 0 Å². The molecule has 3 rings (SSSR count). The van der Waals surface area contributed by atoms with Gasteiger partial charge in [-0.3, -0.25) is 0 Å². The van der Waals surface area contributed by atoms with E-state index < -0.39 is 0 Å². The predicted molar refractivity (Wildman–Crippen MR) is 83.1 cm³/mol. The molecule has 19 heavy (non-hydrogen) atoms. The maximum absolute atomic E-state index is 3.56. The van der Waals surface area contributed by atoms with Gasteiger partial charge >= 0.3 is 0 Å². The van der Waals surface area contributed by atoms with Gasteiger partial charge in [-0.15, -0.1) is 0 Å². The van der Waals surface area contributed by atoms with Crippen LogP contribution in [0.2, 0.25) is 0 Å². The molecule has 0 amide bonds. The van der Waals surface area contributed by atoms with E-state index in [2.05, 4.69) is 35.3 Å². The molecule has 1 saturated heterocycles. The van der Waals surface area contributed by atoms with Crippen molar-refractivity contribution in [2.45, 2.75) is 57.9 Å². The third-order valence-corrected chi connectivity index (χ3v) is 4.61. The van der Waals surface area contributed by atoms with E-state index in [0.29, 0.717) is 0 Å². The fraction of sp³-hybridized carbons (Fsp3) is 0.647. The van der Waals surface area contributed by atoms with Gasteiger partial charge in [-0.2, -0.15) is 0 Å². The van der Waals surface area contributed by atoms with Crippen LogP contribution in [0.15, 0.2) is 18.2 Å². The summed E-state index contributed by atoms with van der Waals surface area (Å²) in [6, 6.07) is 7.84. The molecule has 0 spiro atoms. The number of aryl methyl sites for hydroxylation is 1. The first-order valence-electron chi connectivity index (χ1n) is 8.02. The van der Waals surface area contributed by atoms with Crippen LogP contribution < -0.4 is 10.2 Å². The standard InChI is InChI=1S/C17H26N2/c1-2-6-15-8-3-4-12-19(15)16-10-9-14-7-5-11-18-17(14)13-16/h9-10,13,15,18H,2-8,11-12H2,1H3. The SMILES string of the molecule is CCCC1CCCCN1c1ccc2c(c1)NCCC2. The van der Waals surface area contributed by atoms with Gasteiger partial charge in [-0.05, 0) is 56.2 Å². The van der Waals surface area contributed by atoms with Crippen molar-refractivity contribution < 1.29 is 0 Å². The van der Waals surface area contributed by atoms with Gasteiger partial charge in [0, 0.05) is 30.5 Å². The lowest BCUT2D eigenvalue weighted by Crippen LogP contribution is -2.39. The molecule has 1 aromatic rings. The van der Waals surface area contributed by atoms with E-state index >= 15 is 0 Å². The molecule has 2 nitrogen and oxygen atoms in total. The highest BCUT2D eigenvalue weighted by Gasteiger charge is 2.22. The minimum absolute atomic E-state index is 0.764.